The highest BCUT2D eigenvalue weighted by atomic mass is 79.9. The number of halogens is 1. The monoisotopic (exact) mass is 789 g/mol. The van der Waals surface area contributed by atoms with Crippen LogP contribution in [-0.4, -0.2) is 57.4 Å². The molecule has 5 rings (SSSR count). The number of sulfonamides is 1. The number of carbonyl (C=O) groups excluding carboxylic acids is 3. The third-order valence-corrected chi connectivity index (χ3v) is 12.0. The van der Waals surface area contributed by atoms with Gasteiger partial charge in [0, 0.05) is 40.5 Å². The van der Waals surface area contributed by atoms with Crippen LogP contribution in [0.2, 0.25) is 0 Å². The molecule has 0 aliphatic heterocycles. The van der Waals surface area contributed by atoms with Crippen LogP contribution in [0.4, 0.5) is 11.4 Å². The maximum absolute atomic E-state index is 13.8. The molecule has 1 aliphatic rings. The minimum Gasteiger partial charge on any atom is -0.469 e. The highest BCUT2D eigenvalue weighted by Gasteiger charge is 2.35. The number of hydrogen-bond donors (Lipinski definition) is 2. The van der Waals surface area contributed by atoms with E-state index < -0.39 is 15.9 Å². The van der Waals surface area contributed by atoms with Crippen molar-refractivity contribution in [1.82, 2.24) is 4.31 Å². The summed E-state index contributed by atoms with van der Waals surface area (Å²) in [6.45, 7) is 2.51. The number of benzene rings is 4. The summed E-state index contributed by atoms with van der Waals surface area (Å²) >= 11 is 3.50. The number of amides is 1. The van der Waals surface area contributed by atoms with Crippen LogP contribution in [0, 0.1) is 5.92 Å². The van der Waals surface area contributed by atoms with Gasteiger partial charge in [-0.15, -0.1) is 0 Å². The molecule has 52 heavy (non-hydrogen) atoms. The molecular formula is C40H44BrN3O7S. The smallest absolute Gasteiger partial charge is 0.337 e. The molecule has 1 fully saturated rings. The van der Waals surface area contributed by atoms with Crippen LogP contribution in [0.15, 0.2) is 100 Å². The van der Waals surface area contributed by atoms with Gasteiger partial charge >= 0.3 is 11.9 Å². The lowest BCUT2D eigenvalue weighted by Gasteiger charge is -2.34. The van der Waals surface area contributed by atoms with Crippen LogP contribution in [0.5, 0.6) is 0 Å². The van der Waals surface area contributed by atoms with Gasteiger partial charge in [-0.3, -0.25) is 9.59 Å². The fourth-order valence-electron chi connectivity index (χ4n) is 6.54. The van der Waals surface area contributed by atoms with Gasteiger partial charge in [-0.1, -0.05) is 59.3 Å². The summed E-state index contributed by atoms with van der Waals surface area (Å²) in [5, 5.41) is 6.41. The van der Waals surface area contributed by atoms with E-state index in [0.717, 1.165) is 34.1 Å². The van der Waals surface area contributed by atoms with Crippen molar-refractivity contribution in [3.05, 3.63) is 123 Å². The van der Waals surface area contributed by atoms with Crippen LogP contribution in [0.3, 0.4) is 0 Å². The number of anilines is 2. The second-order valence-corrected chi connectivity index (χ2v) is 15.6. The standard InChI is InChI=1S/C40H44BrN3O7S/c1-4-44(35-22-17-30(18-23-35)40(47)51-3)52(48,49)36-7-5-6-31(24-36)38(45)43-37-25-33(41)19-16-32(37)26-42-34-20-12-28(13-21-34)9-8-27-10-14-29(15-11-27)39(46)50-2/h5-7,10-16,19-21,24-25,30,35,42H,4,8-9,17-18,22-23,26H2,1-3H3,(H,43,45)/t30-,35-. The van der Waals surface area contributed by atoms with E-state index in [1.54, 1.807) is 31.2 Å². The molecule has 0 bridgehead atoms. The molecule has 0 heterocycles. The topological polar surface area (TPSA) is 131 Å². The normalized spacial score (nSPS) is 15.9. The summed E-state index contributed by atoms with van der Waals surface area (Å²) in [6.07, 6.45) is 3.94. The fraction of sp³-hybridized carbons (Fsp3) is 0.325. The quantitative estimate of drug-likeness (QED) is 0.125. The van der Waals surface area contributed by atoms with Crippen LogP contribution >= 0.6 is 15.9 Å². The van der Waals surface area contributed by atoms with Crippen molar-refractivity contribution < 1.29 is 32.3 Å². The van der Waals surface area contributed by atoms with E-state index in [1.165, 1.54) is 36.2 Å². The van der Waals surface area contributed by atoms with Crippen molar-refractivity contribution in [2.75, 3.05) is 31.4 Å². The van der Waals surface area contributed by atoms with E-state index in [-0.39, 0.29) is 40.9 Å². The molecule has 0 unspecified atom stereocenters. The first-order chi connectivity index (χ1) is 25.0. The van der Waals surface area contributed by atoms with Crippen LogP contribution in [0.25, 0.3) is 0 Å². The third kappa shape index (κ3) is 9.67. The van der Waals surface area contributed by atoms with E-state index >= 15 is 0 Å². The first kappa shape index (κ1) is 38.7. The lowest BCUT2D eigenvalue weighted by Crippen LogP contribution is -2.43. The molecular weight excluding hydrogens is 746 g/mol. The van der Waals surface area contributed by atoms with Gasteiger partial charge in [0.25, 0.3) is 5.91 Å². The molecule has 1 saturated carbocycles. The fourth-order valence-corrected chi connectivity index (χ4v) is 8.64. The number of ether oxygens (including phenoxy) is 2. The predicted molar refractivity (Wildman–Crippen MR) is 205 cm³/mol. The van der Waals surface area contributed by atoms with Crippen LogP contribution < -0.4 is 10.6 Å². The van der Waals surface area contributed by atoms with Crippen molar-refractivity contribution in [3.8, 4) is 0 Å². The van der Waals surface area contributed by atoms with Gasteiger partial charge in [0.15, 0.2) is 0 Å². The Morgan fingerprint density at radius 2 is 1.46 bits per heavy atom. The first-order valence-corrected chi connectivity index (χ1v) is 19.5. The molecule has 1 amide bonds. The Kier molecular flexibility index (Phi) is 13.3. The second-order valence-electron chi connectivity index (χ2n) is 12.8. The Labute approximate surface area is 314 Å². The summed E-state index contributed by atoms with van der Waals surface area (Å²) in [4.78, 5) is 37.3. The molecule has 4 aromatic carbocycles. The SMILES string of the molecule is CCN([C@H]1CC[C@H](C(=O)OC)CC1)S(=O)(=O)c1cccc(C(=O)Nc2cc(Br)ccc2CNc2ccc(CCc3ccc(C(=O)OC)cc3)cc2)c1. The summed E-state index contributed by atoms with van der Waals surface area (Å²) < 4.78 is 39.6. The molecule has 1 aliphatic carbocycles. The molecule has 4 aromatic rings. The van der Waals surface area contributed by atoms with Gasteiger partial charge in [-0.25, -0.2) is 13.2 Å². The average molecular weight is 791 g/mol. The number of esters is 2. The van der Waals surface area contributed by atoms with Gasteiger partial charge in [-0.2, -0.15) is 4.31 Å². The van der Waals surface area contributed by atoms with Gasteiger partial charge in [0.1, 0.15) is 0 Å². The number of nitrogens with one attached hydrogen (secondary N) is 2. The lowest BCUT2D eigenvalue weighted by atomic mass is 9.86. The number of methoxy groups -OCH3 is 2. The Bertz CT molecular complexity index is 1980. The van der Waals surface area contributed by atoms with Crippen molar-refractivity contribution in [3.63, 3.8) is 0 Å². The largest absolute Gasteiger partial charge is 0.469 e. The minimum absolute atomic E-state index is 0.0492. The second kappa shape index (κ2) is 17.8. The summed E-state index contributed by atoms with van der Waals surface area (Å²) in [5.74, 6) is -1.24. The lowest BCUT2D eigenvalue weighted by molar-refractivity contribution is -0.146. The van der Waals surface area contributed by atoms with Crippen molar-refractivity contribution in [1.29, 1.82) is 0 Å². The van der Waals surface area contributed by atoms with Crippen molar-refractivity contribution in [2.24, 2.45) is 5.92 Å². The van der Waals surface area contributed by atoms with E-state index in [2.05, 4.69) is 38.7 Å². The molecule has 0 atom stereocenters. The summed E-state index contributed by atoms with van der Waals surface area (Å²) in [7, 11) is -1.16. The van der Waals surface area contributed by atoms with Gasteiger partial charge in [0.05, 0.1) is 30.6 Å². The highest BCUT2D eigenvalue weighted by Crippen LogP contribution is 2.32. The molecule has 12 heteroatoms. The highest BCUT2D eigenvalue weighted by molar-refractivity contribution is 9.10. The summed E-state index contributed by atoms with van der Waals surface area (Å²) in [6, 6.07) is 27.1. The predicted octanol–water partition coefficient (Wildman–Crippen LogP) is 7.63. The zero-order valence-corrected chi connectivity index (χ0v) is 32.0. The van der Waals surface area contributed by atoms with E-state index in [4.69, 9.17) is 9.47 Å². The van der Waals surface area contributed by atoms with Gasteiger partial charge < -0.3 is 20.1 Å². The van der Waals surface area contributed by atoms with Crippen molar-refractivity contribution >= 4 is 55.2 Å². The minimum atomic E-state index is -3.90. The Morgan fingerprint density at radius 1 is 0.808 bits per heavy atom. The Balaban J connectivity index is 1.20. The van der Waals surface area contributed by atoms with E-state index in [9.17, 15) is 22.8 Å². The van der Waals surface area contributed by atoms with Gasteiger partial charge in [-0.05, 0) is 110 Å². The first-order valence-electron chi connectivity index (χ1n) is 17.3. The molecule has 10 nitrogen and oxygen atoms in total. The zero-order chi connectivity index (χ0) is 37.3. The number of rotatable bonds is 14. The Morgan fingerprint density at radius 3 is 2.08 bits per heavy atom. The zero-order valence-electron chi connectivity index (χ0n) is 29.6. The molecule has 2 N–H and O–H groups in total. The number of aryl methyl sites for hydroxylation is 2. The number of nitrogens with zero attached hydrogens (tertiary/aromatic N) is 1. The molecule has 0 spiro atoms. The van der Waals surface area contributed by atoms with Crippen LogP contribution in [0.1, 0.15) is 70.0 Å². The van der Waals surface area contributed by atoms with E-state index in [1.807, 2.05) is 42.5 Å². The average Bonchev–Trinajstić information content (AvgIpc) is 3.17. The van der Waals surface area contributed by atoms with Gasteiger partial charge in [0.2, 0.25) is 10.0 Å². The van der Waals surface area contributed by atoms with E-state index in [0.29, 0.717) is 43.5 Å². The maximum atomic E-state index is 13.8. The molecule has 0 aromatic heterocycles. The Hall–Kier alpha value is -4.52. The van der Waals surface area contributed by atoms with Crippen LogP contribution in [-0.2, 0) is 43.7 Å². The molecule has 0 radical (unpaired) electrons. The summed E-state index contributed by atoms with van der Waals surface area (Å²) in [5.41, 5.74) is 5.42. The third-order valence-electron chi connectivity index (χ3n) is 9.49. The number of hydrogen-bond acceptors (Lipinski definition) is 8. The number of carbonyl (C=O) groups is 3. The molecule has 274 valence electrons. The maximum Gasteiger partial charge on any atom is 0.337 e. The molecule has 0 saturated heterocycles. The van der Waals surface area contributed by atoms with Crippen molar-refractivity contribution in [2.45, 2.75) is 62.9 Å².